The van der Waals surface area contributed by atoms with E-state index in [0.29, 0.717) is 6.61 Å². The normalized spacial score (nSPS) is 14.0. The molecule has 1 fully saturated rings. The zero-order valence-electron chi connectivity index (χ0n) is 21.1. The molecule has 0 radical (unpaired) electrons. The maximum Gasteiger partial charge on any atom is 0.161 e. The van der Waals surface area contributed by atoms with Crippen molar-refractivity contribution < 1.29 is 9.47 Å². The second kappa shape index (κ2) is 9.44. The van der Waals surface area contributed by atoms with Crippen molar-refractivity contribution in [1.82, 2.24) is 19.7 Å². The molecule has 1 aromatic carbocycles. The van der Waals surface area contributed by atoms with Gasteiger partial charge in [-0.3, -0.25) is 0 Å². The first-order valence-electron chi connectivity index (χ1n) is 12.1. The molecule has 1 aliphatic heterocycles. The molecule has 0 saturated carbocycles. The first kappa shape index (κ1) is 23.0. The fourth-order valence-corrected chi connectivity index (χ4v) is 5.15. The summed E-state index contributed by atoms with van der Waals surface area (Å²) in [5, 5.41) is 11.6. The average molecular weight is 473 g/mol. The van der Waals surface area contributed by atoms with Crippen molar-refractivity contribution in [3.8, 4) is 17.2 Å². The van der Waals surface area contributed by atoms with E-state index in [9.17, 15) is 0 Å². The Balaban J connectivity index is 1.55. The number of anilines is 2. The topological polar surface area (TPSA) is 68.5 Å². The van der Waals surface area contributed by atoms with Crippen LogP contribution in [0.4, 0.5) is 11.6 Å². The van der Waals surface area contributed by atoms with Crippen LogP contribution >= 0.6 is 0 Å². The van der Waals surface area contributed by atoms with Gasteiger partial charge in [-0.15, -0.1) is 5.10 Å². The molecule has 5 rings (SSSR count). The van der Waals surface area contributed by atoms with Gasteiger partial charge >= 0.3 is 0 Å². The van der Waals surface area contributed by atoms with Gasteiger partial charge in [-0.2, -0.15) is 5.10 Å². The van der Waals surface area contributed by atoms with E-state index in [-0.39, 0.29) is 0 Å². The van der Waals surface area contributed by atoms with E-state index in [1.165, 1.54) is 0 Å². The highest BCUT2D eigenvalue weighted by Gasteiger charge is 2.26. The third-order valence-electron chi connectivity index (χ3n) is 6.78. The molecule has 1 aliphatic rings. The molecule has 0 bridgehead atoms. The van der Waals surface area contributed by atoms with E-state index in [4.69, 9.17) is 14.6 Å². The van der Waals surface area contributed by atoms with Crippen LogP contribution in [-0.4, -0.2) is 59.6 Å². The van der Waals surface area contributed by atoms with Crippen LogP contribution < -0.4 is 19.3 Å². The van der Waals surface area contributed by atoms with Gasteiger partial charge in [0.1, 0.15) is 17.3 Å². The number of methoxy groups -OCH3 is 1. The van der Waals surface area contributed by atoms with Gasteiger partial charge in [-0.1, -0.05) is 6.07 Å². The average Bonchev–Trinajstić information content (AvgIpc) is 3.16. The molecule has 182 valence electrons. The summed E-state index contributed by atoms with van der Waals surface area (Å²) < 4.78 is 13.7. The smallest absolute Gasteiger partial charge is 0.161 e. The van der Waals surface area contributed by atoms with Gasteiger partial charge in [0.15, 0.2) is 5.82 Å². The summed E-state index contributed by atoms with van der Waals surface area (Å²) >= 11 is 0. The Bertz CT molecular complexity index is 1340. The van der Waals surface area contributed by atoms with Crippen LogP contribution in [0.25, 0.3) is 16.5 Å². The molecule has 0 unspecified atom stereocenters. The van der Waals surface area contributed by atoms with Crippen molar-refractivity contribution in [3.63, 3.8) is 0 Å². The zero-order valence-corrected chi connectivity index (χ0v) is 21.1. The predicted octanol–water partition coefficient (Wildman–Crippen LogP) is 4.47. The van der Waals surface area contributed by atoms with E-state index in [1.807, 2.05) is 44.3 Å². The monoisotopic (exact) mass is 472 g/mol. The molecule has 1 saturated heterocycles. The number of aryl methyl sites for hydroxylation is 3. The largest absolute Gasteiger partial charge is 0.494 e. The number of ether oxygens (including phenoxy) is 2. The second-order valence-corrected chi connectivity index (χ2v) is 8.79. The molecule has 0 amide bonds. The first-order chi connectivity index (χ1) is 17.0. The van der Waals surface area contributed by atoms with Gasteiger partial charge < -0.3 is 23.8 Å². The van der Waals surface area contributed by atoms with Gasteiger partial charge in [0.2, 0.25) is 0 Å². The summed E-state index contributed by atoms with van der Waals surface area (Å²) in [6.07, 6.45) is 1.85. The summed E-state index contributed by atoms with van der Waals surface area (Å²) in [5.74, 6) is 3.53. The number of rotatable bonds is 6. The molecule has 4 heterocycles. The fourth-order valence-electron chi connectivity index (χ4n) is 5.15. The van der Waals surface area contributed by atoms with Crippen molar-refractivity contribution in [2.24, 2.45) is 0 Å². The lowest BCUT2D eigenvalue weighted by Crippen LogP contribution is -2.47. The standard InChI is InChI=1S/C27H32N6O2/c1-6-35-21-10-11-22(23(17-21)34-5)33-19(3)25-18(2)29-30-27(26(25)20(33)4)32-15-13-31(14-16-32)24-9-7-8-12-28-24/h7-12,17H,6,13-16H2,1-5H3. The molecule has 8 nitrogen and oxygen atoms in total. The summed E-state index contributed by atoms with van der Waals surface area (Å²) in [7, 11) is 1.70. The zero-order chi connectivity index (χ0) is 24.5. The quantitative estimate of drug-likeness (QED) is 0.410. The van der Waals surface area contributed by atoms with Gasteiger partial charge in [0.25, 0.3) is 0 Å². The van der Waals surface area contributed by atoms with Crippen molar-refractivity contribution >= 4 is 22.4 Å². The van der Waals surface area contributed by atoms with E-state index in [1.54, 1.807) is 7.11 Å². The van der Waals surface area contributed by atoms with E-state index < -0.39 is 0 Å². The predicted molar refractivity (Wildman–Crippen MR) is 139 cm³/mol. The van der Waals surface area contributed by atoms with Crippen LogP contribution in [0.5, 0.6) is 11.5 Å². The minimum atomic E-state index is 0.613. The number of hydrogen-bond donors (Lipinski definition) is 0. The number of fused-ring (bicyclic) bond motifs is 1. The molecule has 0 spiro atoms. The van der Waals surface area contributed by atoms with Crippen LogP contribution in [0.15, 0.2) is 42.6 Å². The van der Waals surface area contributed by atoms with E-state index >= 15 is 0 Å². The SMILES string of the molecule is CCOc1ccc(-n2c(C)c3c(C)nnc(N4CCN(c5ccccn5)CC4)c3c2C)c(OC)c1. The lowest BCUT2D eigenvalue weighted by Gasteiger charge is -2.36. The lowest BCUT2D eigenvalue weighted by atomic mass is 10.1. The maximum atomic E-state index is 5.77. The van der Waals surface area contributed by atoms with Crippen LogP contribution in [0.3, 0.4) is 0 Å². The van der Waals surface area contributed by atoms with Gasteiger partial charge in [-0.25, -0.2) is 4.98 Å². The summed E-state index contributed by atoms with van der Waals surface area (Å²) in [6, 6.07) is 12.1. The molecule has 8 heteroatoms. The van der Waals surface area contributed by atoms with Gasteiger partial charge in [-0.05, 0) is 52.0 Å². The maximum absolute atomic E-state index is 5.77. The summed E-state index contributed by atoms with van der Waals surface area (Å²) in [4.78, 5) is 9.18. The number of piperazine rings is 1. The Kier molecular flexibility index (Phi) is 6.19. The molecule has 3 aromatic heterocycles. The molecule has 35 heavy (non-hydrogen) atoms. The van der Waals surface area contributed by atoms with Gasteiger partial charge in [0.05, 0.1) is 25.1 Å². The minimum absolute atomic E-state index is 0.613. The van der Waals surface area contributed by atoms with E-state index in [0.717, 1.165) is 82.9 Å². The molecule has 0 atom stereocenters. The Morgan fingerprint density at radius 1 is 0.886 bits per heavy atom. The van der Waals surface area contributed by atoms with Crippen LogP contribution in [0.1, 0.15) is 24.0 Å². The number of aromatic nitrogens is 4. The van der Waals surface area contributed by atoms with Gasteiger partial charge in [0, 0.05) is 60.6 Å². The summed E-state index contributed by atoms with van der Waals surface area (Å²) in [6.45, 7) is 12.4. The minimum Gasteiger partial charge on any atom is -0.494 e. The van der Waals surface area contributed by atoms with Crippen molar-refractivity contribution in [3.05, 3.63) is 59.7 Å². The summed E-state index contributed by atoms with van der Waals surface area (Å²) in [5.41, 5.74) is 4.16. The van der Waals surface area contributed by atoms with Crippen molar-refractivity contribution in [1.29, 1.82) is 0 Å². The third-order valence-corrected chi connectivity index (χ3v) is 6.78. The van der Waals surface area contributed by atoms with Crippen LogP contribution in [-0.2, 0) is 0 Å². The highest BCUT2D eigenvalue weighted by Crippen LogP contribution is 2.38. The molecule has 0 N–H and O–H groups in total. The highest BCUT2D eigenvalue weighted by molar-refractivity contribution is 5.99. The first-order valence-corrected chi connectivity index (χ1v) is 12.1. The van der Waals surface area contributed by atoms with E-state index in [2.05, 4.69) is 50.4 Å². The second-order valence-electron chi connectivity index (χ2n) is 8.79. The number of pyridine rings is 1. The fraction of sp³-hybridized carbons (Fsp3) is 0.370. The van der Waals surface area contributed by atoms with Crippen molar-refractivity contribution in [2.45, 2.75) is 27.7 Å². The third kappa shape index (κ3) is 4.03. The van der Waals surface area contributed by atoms with Crippen LogP contribution in [0, 0.1) is 20.8 Å². The molecular formula is C27H32N6O2. The number of benzene rings is 1. The Labute approximate surface area is 206 Å². The molecule has 0 aliphatic carbocycles. The Hall–Kier alpha value is -3.81. The Morgan fingerprint density at radius 2 is 1.63 bits per heavy atom. The molecular weight excluding hydrogens is 440 g/mol. The number of nitrogens with zero attached hydrogens (tertiary/aromatic N) is 6. The van der Waals surface area contributed by atoms with Crippen LogP contribution in [0.2, 0.25) is 0 Å². The lowest BCUT2D eigenvalue weighted by molar-refractivity contribution is 0.336. The molecule has 4 aromatic rings. The van der Waals surface area contributed by atoms with Crippen molar-refractivity contribution in [2.75, 3.05) is 49.7 Å². The number of hydrogen-bond acceptors (Lipinski definition) is 7. The Morgan fingerprint density at radius 3 is 2.31 bits per heavy atom. The highest BCUT2D eigenvalue weighted by atomic mass is 16.5.